The molecule has 0 aliphatic rings. The summed E-state index contributed by atoms with van der Waals surface area (Å²) in [7, 11) is 0. The summed E-state index contributed by atoms with van der Waals surface area (Å²) in [4.78, 5) is 0. The number of benzene rings is 2. The third-order valence-corrected chi connectivity index (χ3v) is 4.12. The molecule has 3 aromatic rings. The van der Waals surface area contributed by atoms with Crippen molar-refractivity contribution >= 4 is 5.82 Å². The minimum Gasteiger partial charge on any atom is -0.471 e. The summed E-state index contributed by atoms with van der Waals surface area (Å²) in [5, 5.41) is 13.8. The Labute approximate surface area is 147 Å². The average Bonchev–Trinajstić information content (AvgIpc) is 2.91. The first kappa shape index (κ1) is 16.6. The Morgan fingerprint density at radius 1 is 1.16 bits per heavy atom. The van der Waals surface area contributed by atoms with Gasteiger partial charge in [-0.1, -0.05) is 54.1 Å². The van der Waals surface area contributed by atoms with E-state index in [1.54, 1.807) is 4.68 Å². The first-order chi connectivity index (χ1) is 12.1. The van der Waals surface area contributed by atoms with E-state index >= 15 is 0 Å². The standard InChI is InChI=1S/C20H20N4O/c1-14-8-9-15(2)17(10-14)13-25-20-18(11-21)19(22)24(23-20)12-16-6-4-3-5-7-16/h3-10H,12-13,22H2,1-2H3. The van der Waals surface area contributed by atoms with E-state index in [9.17, 15) is 5.26 Å². The predicted octanol–water partition coefficient (Wildman–Crippen LogP) is 3.58. The number of ether oxygens (including phenoxy) is 1. The zero-order chi connectivity index (χ0) is 17.8. The number of nitrogens with zero attached hydrogens (tertiary/aromatic N) is 3. The maximum absolute atomic E-state index is 9.41. The van der Waals surface area contributed by atoms with Gasteiger partial charge in [0.05, 0.1) is 6.54 Å². The van der Waals surface area contributed by atoms with E-state index in [2.05, 4.69) is 29.4 Å². The van der Waals surface area contributed by atoms with Crippen molar-refractivity contribution in [1.29, 1.82) is 5.26 Å². The van der Waals surface area contributed by atoms with Crippen LogP contribution in [0.2, 0.25) is 0 Å². The zero-order valence-corrected chi connectivity index (χ0v) is 14.4. The molecule has 0 radical (unpaired) electrons. The topological polar surface area (TPSA) is 76.9 Å². The Balaban J connectivity index is 1.83. The summed E-state index contributed by atoms with van der Waals surface area (Å²) in [6.07, 6.45) is 0. The number of nitrogen functional groups attached to an aromatic ring is 1. The monoisotopic (exact) mass is 332 g/mol. The van der Waals surface area contributed by atoms with Crippen LogP contribution in [0.3, 0.4) is 0 Å². The molecule has 0 aliphatic carbocycles. The van der Waals surface area contributed by atoms with E-state index < -0.39 is 0 Å². The van der Waals surface area contributed by atoms with Gasteiger partial charge in [0, 0.05) is 0 Å². The highest BCUT2D eigenvalue weighted by Gasteiger charge is 2.17. The van der Waals surface area contributed by atoms with Crippen LogP contribution < -0.4 is 10.5 Å². The van der Waals surface area contributed by atoms with Gasteiger partial charge in [-0.3, -0.25) is 0 Å². The number of hydrogen-bond donors (Lipinski definition) is 1. The molecule has 25 heavy (non-hydrogen) atoms. The molecular formula is C20H20N4O. The number of aromatic nitrogens is 2. The Hall–Kier alpha value is -3.26. The van der Waals surface area contributed by atoms with E-state index in [-0.39, 0.29) is 11.4 Å². The molecule has 1 heterocycles. The molecule has 0 amide bonds. The maximum atomic E-state index is 9.41. The summed E-state index contributed by atoms with van der Waals surface area (Å²) < 4.78 is 7.42. The lowest BCUT2D eigenvalue weighted by Gasteiger charge is -2.08. The number of rotatable bonds is 5. The molecule has 0 spiro atoms. The lowest BCUT2D eigenvalue weighted by molar-refractivity contribution is 0.288. The molecule has 2 aromatic carbocycles. The van der Waals surface area contributed by atoms with Crippen LogP contribution >= 0.6 is 0 Å². The zero-order valence-electron chi connectivity index (χ0n) is 14.4. The highest BCUT2D eigenvalue weighted by Crippen LogP contribution is 2.25. The fourth-order valence-electron chi connectivity index (χ4n) is 2.64. The smallest absolute Gasteiger partial charge is 0.253 e. The molecule has 1 aromatic heterocycles. The van der Waals surface area contributed by atoms with Crippen molar-refractivity contribution < 1.29 is 4.74 Å². The van der Waals surface area contributed by atoms with Crippen LogP contribution in [0.25, 0.3) is 0 Å². The van der Waals surface area contributed by atoms with Crippen molar-refractivity contribution in [2.75, 3.05) is 5.73 Å². The molecule has 0 unspecified atom stereocenters. The SMILES string of the molecule is Cc1ccc(C)c(COc2nn(Cc3ccccc3)c(N)c2C#N)c1. The summed E-state index contributed by atoms with van der Waals surface area (Å²) in [5.41, 5.74) is 10.8. The second-order valence-corrected chi connectivity index (χ2v) is 6.04. The van der Waals surface area contributed by atoms with Crippen LogP contribution in [0.1, 0.15) is 27.8 Å². The highest BCUT2D eigenvalue weighted by atomic mass is 16.5. The Kier molecular flexibility index (Phi) is 4.71. The number of aryl methyl sites for hydroxylation is 2. The first-order valence-corrected chi connectivity index (χ1v) is 8.07. The van der Waals surface area contributed by atoms with E-state index in [4.69, 9.17) is 10.5 Å². The number of hydrogen-bond acceptors (Lipinski definition) is 4. The highest BCUT2D eigenvalue weighted by molar-refractivity contribution is 5.55. The largest absolute Gasteiger partial charge is 0.471 e. The van der Waals surface area contributed by atoms with E-state index in [0.717, 1.165) is 16.7 Å². The van der Waals surface area contributed by atoms with Gasteiger partial charge in [-0.25, -0.2) is 4.68 Å². The molecule has 0 fully saturated rings. The van der Waals surface area contributed by atoms with Gasteiger partial charge in [-0.15, -0.1) is 5.10 Å². The van der Waals surface area contributed by atoms with Crippen molar-refractivity contribution in [1.82, 2.24) is 9.78 Å². The third kappa shape index (κ3) is 3.64. The van der Waals surface area contributed by atoms with E-state index in [0.29, 0.717) is 19.0 Å². The van der Waals surface area contributed by atoms with Crippen molar-refractivity contribution in [2.45, 2.75) is 27.0 Å². The molecule has 126 valence electrons. The molecule has 5 heteroatoms. The normalized spacial score (nSPS) is 10.4. The summed E-state index contributed by atoms with van der Waals surface area (Å²) in [5.74, 6) is 0.596. The number of anilines is 1. The minimum absolute atomic E-state index is 0.275. The second-order valence-electron chi connectivity index (χ2n) is 6.04. The van der Waals surface area contributed by atoms with Gasteiger partial charge in [0.2, 0.25) is 0 Å². The molecule has 0 atom stereocenters. The summed E-state index contributed by atoms with van der Waals surface area (Å²) in [6.45, 7) is 4.92. The minimum atomic E-state index is 0.275. The fourth-order valence-corrected chi connectivity index (χ4v) is 2.64. The van der Waals surface area contributed by atoms with Crippen molar-refractivity contribution in [3.8, 4) is 11.9 Å². The molecular weight excluding hydrogens is 312 g/mol. The van der Waals surface area contributed by atoms with Gasteiger partial charge in [0.25, 0.3) is 5.88 Å². The van der Waals surface area contributed by atoms with Crippen molar-refractivity contribution in [3.63, 3.8) is 0 Å². The van der Waals surface area contributed by atoms with Crippen molar-refractivity contribution in [2.24, 2.45) is 0 Å². The second kappa shape index (κ2) is 7.10. The van der Waals surface area contributed by atoms with E-state index in [1.807, 2.05) is 44.2 Å². The maximum Gasteiger partial charge on any atom is 0.253 e. The summed E-state index contributed by atoms with van der Waals surface area (Å²) in [6, 6.07) is 18.1. The van der Waals surface area contributed by atoms with Crippen LogP contribution in [0.15, 0.2) is 48.5 Å². The molecule has 3 rings (SSSR count). The van der Waals surface area contributed by atoms with Crippen molar-refractivity contribution in [3.05, 3.63) is 76.3 Å². The average molecular weight is 332 g/mol. The number of nitriles is 1. The van der Waals surface area contributed by atoms with Gasteiger partial charge in [0.1, 0.15) is 18.5 Å². The summed E-state index contributed by atoms with van der Waals surface area (Å²) >= 11 is 0. The Morgan fingerprint density at radius 2 is 1.92 bits per heavy atom. The van der Waals surface area contributed by atoms with Gasteiger partial charge >= 0.3 is 0 Å². The van der Waals surface area contributed by atoms with Gasteiger partial charge < -0.3 is 10.5 Å². The molecule has 0 saturated heterocycles. The fraction of sp³-hybridized carbons (Fsp3) is 0.200. The van der Waals surface area contributed by atoms with Gasteiger partial charge in [-0.2, -0.15) is 5.26 Å². The molecule has 0 bridgehead atoms. The van der Waals surface area contributed by atoms with Crippen LogP contribution in [0.5, 0.6) is 5.88 Å². The van der Waals surface area contributed by atoms with E-state index in [1.165, 1.54) is 5.56 Å². The lowest BCUT2D eigenvalue weighted by atomic mass is 10.1. The first-order valence-electron chi connectivity index (χ1n) is 8.07. The van der Waals surface area contributed by atoms with Crippen LogP contribution in [0.4, 0.5) is 5.82 Å². The number of nitrogens with two attached hydrogens (primary N) is 1. The Morgan fingerprint density at radius 3 is 2.64 bits per heavy atom. The molecule has 0 saturated carbocycles. The Bertz CT molecular complexity index is 923. The third-order valence-electron chi connectivity index (χ3n) is 4.12. The van der Waals surface area contributed by atoms with Gasteiger partial charge in [0.15, 0.2) is 5.56 Å². The van der Waals surface area contributed by atoms with Crippen LogP contribution in [-0.2, 0) is 13.2 Å². The van der Waals surface area contributed by atoms with Crippen LogP contribution in [-0.4, -0.2) is 9.78 Å². The predicted molar refractivity (Wildman–Crippen MR) is 97.1 cm³/mol. The van der Waals surface area contributed by atoms with Gasteiger partial charge in [-0.05, 0) is 30.5 Å². The molecule has 2 N–H and O–H groups in total. The van der Waals surface area contributed by atoms with Crippen LogP contribution in [0, 0.1) is 25.2 Å². The quantitative estimate of drug-likeness (QED) is 0.774. The lowest BCUT2D eigenvalue weighted by Crippen LogP contribution is -2.06. The molecule has 0 aliphatic heterocycles. The molecule has 5 nitrogen and oxygen atoms in total.